The van der Waals surface area contributed by atoms with Crippen LogP contribution in [-0.4, -0.2) is 24.2 Å². The van der Waals surface area contributed by atoms with Crippen molar-refractivity contribution in [2.24, 2.45) is 0 Å². The Morgan fingerprint density at radius 1 is 1.23 bits per heavy atom. The number of aromatic nitrogens is 1. The molecule has 0 aliphatic heterocycles. The van der Waals surface area contributed by atoms with Crippen molar-refractivity contribution in [2.75, 3.05) is 13.2 Å². The molecular weight excluding hydrogens is 478 g/mol. The monoisotopic (exact) mass is 501 g/mol. The van der Waals surface area contributed by atoms with Gasteiger partial charge in [0.2, 0.25) is 0 Å². The highest BCUT2D eigenvalue weighted by atomic mass is 79.9. The summed E-state index contributed by atoms with van der Waals surface area (Å²) in [6.45, 7) is 2.75. The Hall–Kier alpha value is -1.98. The minimum absolute atomic E-state index is 0.333. The lowest BCUT2D eigenvalue weighted by Crippen LogP contribution is -2.09. The zero-order chi connectivity index (χ0) is 21.5. The van der Waals surface area contributed by atoms with E-state index in [0.717, 1.165) is 39.0 Å². The number of benzene rings is 2. The Labute approximate surface area is 195 Å². The second kappa shape index (κ2) is 8.51. The second-order valence-corrected chi connectivity index (χ2v) is 9.60. The summed E-state index contributed by atoms with van der Waals surface area (Å²) < 4.78 is 12.3. The van der Waals surface area contributed by atoms with Crippen LogP contribution in [0.1, 0.15) is 71.6 Å². The van der Waals surface area contributed by atoms with Crippen molar-refractivity contribution in [3.8, 4) is 5.75 Å². The molecule has 2 aromatic carbocycles. The summed E-state index contributed by atoms with van der Waals surface area (Å²) in [5, 5.41) is 1.59. The van der Waals surface area contributed by atoms with Gasteiger partial charge in [0, 0.05) is 10.9 Å². The van der Waals surface area contributed by atoms with Gasteiger partial charge in [0.1, 0.15) is 11.4 Å². The number of aryl methyl sites for hydroxylation is 1. The fourth-order valence-electron chi connectivity index (χ4n) is 5.33. The van der Waals surface area contributed by atoms with Crippen molar-refractivity contribution >= 4 is 44.4 Å². The smallest absolute Gasteiger partial charge is 0.355 e. The largest absolute Gasteiger partial charge is 0.493 e. The van der Waals surface area contributed by atoms with Crippen LogP contribution in [0.25, 0.3) is 10.9 Å². The van der Waals surface area contributed by atoms with Crippen molar-refractivity contribution < 1.29 is 14.3 Å². The molecule has 4 nitrogen and oxygen atoms in total. The van der Waals surface area contributed by atoms with Crippen LogP contribution in [0, 0.1) is 0 Å². The van der Waals surface area contributed by atoms with Gasteiger partial charge in [-0.2, -0.15) is 0 Å². The van der Waals surface area contributed by atoms with E-state index in [2.05, 4.69) is 39.1 Å². The lowest BCUT2D eigenvalue weighted by Gasteiger charge is -2.19. The standard InChI is InChI=1S/C25H25BrClNO3/c1-2-30-25(29)24-17(18-10-11-19(27)22(26)23(18)28-24)6-4-12-31-20-7-3-5-16-14-8-9-15(13-14)21(16)20/h3,5,7,10-11,14-15,28H,2,4,6,8-9,12-13H2,1H3. The number of halogens is 2. The molecule has 0 amide bonds. The van der Waals surface area contributed by atoms with Gasteiger partial charge in [-0.15, -0.1) is 0 Å². The van der Waals surface area contributed by atoms with E-state index in [1.54, 1.807) is 0 Å². The van der Waals surface area contributed by atoms with Crippen LogP contribution >= 0.6 is 27.5 Å². The summed E-state index contributed by atoms with van der Waals surface area (Å²) in [7, 11) is 0. The lowest BCUT2D eigenvalue weighted by atomic mass is 9.91. The van der Waals surface area contributed by atoms with Crippen LogP contribution in [0.2, 0.25) is 5.02 Å². The molecule has 6 heteroatoms. The molecule has 2 bridgehead atoms. The minimum atomic E-state index is -0.338. The van der Waals surface area contributed by atoms with Gasteiger partial charge < -0.3 is 14.5 Å². The average molecular weight is 503 g/mol. The Morgan fingerprint density at radius 2 is 2.06 bits per heavy atom. The van der Waals surface area contributed by atoms with Crippen LogP contribution in [0.5, 0.6) is 5.75 Å². The molecular formula is C25H25BrClNO3. The maximum absolute atomic E-state index is 12.6. The molecule has 2 atom stereocenters. The highest BCUT2D eigenvalue weighted by molar-refractivity contribution is 9.10. The third-order valence-corrected chi connectivity index (χ3v) is 8.03. The van der Waals surface area contributed by atoms with E-state index in [1.807, 2.05) is 19.1 Å². The predicted octanol–water partition coefficient (Wildman–Crippen LogP) is 7.14. The van der Waals surface area contributed by atoms with E-state index in [9.17, 15) is 4.79 Å². The molecule has 1 fully saturated rings. The molecule has 2 aliphatic carbocycles. The SMILES string of the molecule is CCOC(=O)c1[nH]c2c(Br)c(Cl)ccc2c1CCCOc1cccc2c1C1CCC2C1. The van der Waals surface area contributed by atoms with Crippen LogP contribution in [0.4, 0.5) is 0 Å². The molecule has 5 rings (SSSR count). The van der Waals surface area contributed by atoms with E-state index < -0.39 is 0 Å². The number of H-pyrrole nitrogens is 1. The zero-order valence-electron chi connectivity index (χ0n) is 17.5. The fraction of sp³-hybridized carbons (Fsp3) is 0.400. The molecule has 0 radical (unpaired) electrons. The lowest BCUT2D eigenvalue weighted by molar-refractivity contribution is 0.0519. The molecule has 2 unspecified atom stereocenters. The van der Waals surface area contributed by atoms with Gasteiger partial charge in [-0.05, 0) is 90.1 Å². The third kappa shape index (κ3) is 3.66. The van der Waals surface area contributed by atoms with Crippen molar-refractivity contribution in [3.05, 3.63) is 62.2 Å². The molecule has 3 aromatic rings. The van der Waals surface area contributed by atoms with Gasteiger partial charge in [0.25, 0.3) is 0 Å². The molecule has 1 saturated carbocycles. The Balaban J connectivity index is 1.34. The van der Waals surface area contributed by atoms with Gasteiger partial charge in [-0.3, -0.25) is 0 Å². The van der Waals surface area contributed by atoms with Gasteiger partial charge in [-0.1, -0.05) is 29.8 Å². The molecule has 1 aromatic heterocycles. The number of rotatable bonds is 7. The Kier molecular flexibility index (Phi) is 5.74. The van der Waals surface area contributed by atoms with E-state index in [0.29, 0.717) is 36.3 Å². The predicted molar refractivity (Wildman–Crippen MR) is 127 cm³/mol. The maximum Gasteiger partial charge on any atom is 0.355 e. The Bertz CT molecular complexity index is 1160. The summed E-state index contributed by atoms with van der Waals surface area (Å²) in [6.07, 6.45) is 5.40. The van der Waals surface area contributed by atoms with Gasteiger partial charge in [0.15, 0.2) is 0 Å². The van der Waals surface area contributed by atoms with E-state index >= 15 is 0 Å². The first-order valence-electron chi connectivity index (χ1n) is 11.0. The fourth-order valence-corrected chi connectivity index (χ4v) is 5.94. The molecule has 2 aliphatic rings. The molecule has 1 heterocycles. The number of esters is 1. The number of ether oxygens (including phenoxy) is 2. The van der Waals surface area contributed by atoms with Gasteiger partial charge in [0.05, 0.1) is 28.2 Å². The van der Waals surface area contributed by atoms with Crippen molar-refractivity contribution in [1.82, 2.24) is 4.98 Å². The number of hydrogen-bond acceptors (Lipinski definition) is 3. The summed E-state index contributed by atoms with van der Waals surface area (Å²) in [5.74, 6) is 2.10. The average Bonchev–Trinajstić information content (AvgIpc) is 3.48. The summed E-state index contributed by atoms with van der Waals surface area (Å²) in [4.78, 5) is 15.8. The second-order valence-electron chi connectivity index (χ2n) is 8.40. The van der Waals surface area contributed by atoms with E-state index in [1.165, 1.54) is 30.4 Å². The van der Waals surface area contributed by atoms with Crippen LogP contribution in [-0.2, 0) is 11.2 Å². The van der Waals surface area contributed by atoms with Crippen LogP contribution < -0.4 is 4.74 Å². The first-order chi connectivity index (χ1) is 15.1. The number of carbonyl (C=O) groups excluding carboxylic acids is 1. The molecule has 0 saturated heterocycles. The quantitative estimate of drug-likeness (QED) is 0.276. The van der Waals surface area contributed by atoms with Crippen molar-refractivity contribution in [3.63, 3.8) is 0 Å². The van der Waals surface area contributed by atoms with Crippen molar-refractivity contribution in [2.45, 2.75) is 50.9 Å². The van der Waals surface area contributed by atoms with E-state index in [-0.39, 0.29) is 5.97 Å². The number of hydrogen-bond donors (Lipinski definition) is 1. The summed E-state index contributed by atoms with van der Waals surface area (Å²) in [5.41, 5.74) is 5.21. The van der Waals surface area contributed by atoms with E-state index in [4.69, 9.17) is 21.1 Å². The molecule has 1 N–H and O–H groups in total. The molecule has 162 valence electrons. The first kappa shape index (κ1) is 20.9. The number of carbonyl (C=O) groups is 1. The zero-order valence-corrected chi connectivity index (χ0v) is 19.8. The third-order valence-electron chi connectivity index (χ3n) is 6.66. The first-order valence-corrected chi connectivity index (χ1v) is 12.2. The normalized spacial score (nSPS) is 19.1. The number of aromatic amines is 1. The van der Waals surface area contributed by atoms with Crippen LogP contribution in [0.3, 0.4) is 0 Å². The summed E-state index contributed by atoms with van der Waals surface area (Å²) >= 11 is 9.79. The number of fused-ring (bicyclic) bond motifs is 6. The van der Waals surface area contributed by atoms with Crippen molar-refractivity contribution in [1.29, 1.82) is 0 Å². The topological polar surface area (TPSA) is 51.3 Å². The molecule has 31 heavy (non-hydrogen) atoms. The minimum Gasteiger partial charge on any atom is -0.493 e. The highest BCUT2D eigenvalue weighted by Crippen LogP contribution is 2.55. The highest BCUT2D eigenvalue weighted by Gasteiger charge is 2.38. The maximum atomic E-state index is 12.6. The van der Waals surface area contributed by atoms with Gasteiger partial charge in [-0.25, -0.2) is 4.79 Å². The summed E-state index contributed by atoms with van der Waals surface area (Å²) in [6, 6.07) is 10.3. The number of nitrogens with one attached hydrogen (secondary N) is 1. The Morgan fingerprint density at radius 3 is 2.90 bits per heavy atom. The molecule has 0 spiro atoms. The van der Waals surface area contributed by atoms with Crippen LogP contribution in [0.15, 0.2) is 34.8 Å². The van der Waals surface area contributed by atoms with Gasteiger partial charge >= 0.3 is 5.97 Å².